The van der Waals surface area contributed by atoms with Crippen LogP contribution in [0.1, 0.15) is 70.6 Å². The second-order valence-electron chi connectivity index (χ2n) is 6.21. The first-order valence-electron chi connectivity index (χ1n) is 8.14. The van der Waals surface area contributed by atoms with Crippen LogP contribution < -0.4 is 0 Å². The van der Waals surface area contributed by atoms with Crippen molar-refractivity contribution in [2.24, 2.45) is 11.8 Å². The van der Waals surface area contributed by atoms with Crippen molar-refractivity contribution in [2.75, 3.05) is 13.2 Å². The van der Waals surface area contributed by atoms with E-state index in [-0.39, 0.29) is 6.61 Å². The average molecular weight is 254 g/mol. The van der Waals surface area contributed by atoms with E-state index in [1.165, 1.54) is 64.2 Å². The van der Waals surface area contributed by atoms with Gasteiger partial charge >= 0.3 is 0 Å². The van der Waals surface area contributed by atoms with Crippen LogP contribution in [0.15, 0.2) is 0 Å². The minimum atomic E-state index is 0.266. The Labute approximate surface area is 112 Å². The Balaban J connectivity index is 1.87. The third-order valence-electron chi connectivity index (χ3n) is 4.84. The molecule has 0 unspecified atom stereocenters. The molecular formula is C16H30O2. The van der Waals surface area contributed by atoms with Crippen molar-refractivity contribution in [1.29, 1.82) is 0 Å². The van der Waals surface area contributed by atoms with E-state index in [4.69, 9.17) is 9.84 Å². The van der Waals surface area contributed by atoms with E-state index in [0.29, 0.717) is 6.10 Å². The van der Waals surface area contributed by atoms with Gasteiger partial charge < -0.3 is 9.84 Å². The highest BCUT2D eigenvalue weighted by Crippen LogP contribution is 2.37. The summed E-state index contributed by atoms with van der Waals surface area (Å²) in [6.45, 7) is 1.02. The monoisotopic (exact) mass is 254 g/mol. The zero-order chi connectivity index (χ0) is 12.6. The van der Waals surface area contributed by atoms with Crippen LogP contribution in [-0.2, 0) is 4.74 Å². The predicted molar refractivity (Wildman–Crippen MR) is 74.6 cm³/mol. The SMILES string of the molecule is OCCCOC(C1CCCCC1)C1CCCCC1. The third kappa shape index (κ3) is 4.24. The molecule has 2 fully saturated rings. The van der Waals surface area contributed by atoms with Crippen LogP contribution in [0.2, 0.25) is 0 Å². The number of ether oxygens (including phenoxy) is 1. The van der Waals surface area contributed by atoms with Crippen LogP contribution in [0.4, 0.5) is 0 Å². The summed E-state index contributed by atoms with van der Waals surface area (Å²) in [5.74, 6) is 1.61. The van der Waals surface area contributed by atoms with Gasteiger partial charge in [0.1, 0.15) is 0 Å². The summed E-state index contributed by atoms with van der Waals surface area (Å²) in [4.78, 5) is 0. The van der Waals surface area contributed by atoms with Crippen molar-refractivity contribution in [3.63, 3.8) is 0 Å². The highest BCUT2D eigenvalue weighted by molar-refractivity contribution is 4.82. The molecule has 0 radical (unpaired) electrons. The van der Waals surface area contributed by atoms with Gasteiger partial charge in [-0.2, -0.15) is 0 Å². The van der Waals surface area contributed by atoms with Gasteiger partial charge in [0.15, 0.2) is 0 Å². The number of hydrogen-bond donors (Lipinski definition) is 1. The molecule has 0 aliphatic heterocycles. The summed E-state index contributed by atoms with van der Waals surface area (Å²) >= 11 is 0. The van der Waals surface area contributed by atoms with Crippen molar-refractivity contribution < 1.29 is 9.84 Å². The maximum Gasteiger partial charge on any atom is 0.0631 e. The van der Waals surface area contributed by atoms with E-state index >= 15 is 0 Å². The minimum absolute atomic E-state index is 0.266. The Morgan fingerprint density at radius 2 is 1.33 bits per heavy atom. The first kappa shape index (κ1) is 14.3. The number of aliphatic hydroxyl groups is 1. The Morgan fingerprint density at radius 3 is 1.78 bits per heavy atom. The van der Waals surface area contributed by atoms with Gasteiger partial charge in [-0.05, 0) is 43.9 Å². The predicted octanol–water partition coefficient (Wildman–Crippen LogP) is 3.91. The molecule has 0 aromatic rings. The fourth-order valence-electron chi connectivity index (χ4n) is 3.87. The van der Waals surface area contributed by atoms with E-state index in [2.05, 4.69) is 0 Å². The maximum atomic E-state index is 8.92. The molecule has 2 heteroatoms. The molecule has 0 heterocycles. The van der Waals surface area contributed by atoms with E-state index in [1.807, 2.05) is 0 Å². The quantitative estimate of drug-likeness (QED) is 0.728. The van der Waals surface area contributed by atoms with Crippen LogP contribution in [-0.4, -0.2) is 24.4 Å². The van der Waals surface area contributed by atoms with Gasteiger partial charge in [-0.1, -0.05) is 38.5 Å². The summed E-state index contributed by atoms with van der Waals surface area (Å²) in [6, 6.07) is 0. The Kier molecular flexibility index (Phi) is 6.50. The molecule has 0 aromatic carbocycles. The number of hydrogen-bond acceptors (Lipinski definition) is 2. The second kappa shape index (κ2) is 8.16. The Morgan fingerprint density at radius 1 is 0.833 bits per heavy atom. The summed E-state index contributed by atoms with van der Waals surface area (Å²) in [7, 11) is 0. The average Bonchev–Trinajstić information content (AvgIpc) is 2.46. The summed E-state index contributed by atoms with van der Waals surface area (Å²) < 4.78 is 6.20. The lowest BCUT2D eigenvalue weighted by Crippen LogP contribution is -2.35. The van der Waals surface area contributed by atoms with Gasteiger partial charge in [-0.3, -0.25) is 0 Å². The molecule has 0 bridgehead atoms. The molecule has 0 amide bonds. The molecule has 2 aliphatic carbocycles. The maximum absolute atomic E-state index is 8.92. The minimum Gasteiger partial charge on any atom is -0.396 e. The van der Waals surface area contributed by atoms with E-state index in [9.17, 15) is 0 Å². The topological polar surface area (TPSA) is 29.5 Å². The van der Waals surface area contributed by atoms with Crippen molar-refractivity contribution in [2.45, 2.75) is 76.7 Å². The van der Waals surface area contributed by atoms with Gasteiger partial charge in [-0.25, -0.2) is 0 Å². The molecule has 2 nitrogen and oxygen atoms in total. The fourth-order valence-corrected chi connectivity index (χ4v) is 3.87. The highest BCUT2D eigenvalue weighted by atomic mass is 16.5. The van der Waals surface area contributed by atoms with Crippen LogP contribution in [0.3, 0.4) is 0 Å². The van der Waals surface area contributed by atoms with Crippen molar-refractivity contribution in [3.05, 3.63) is 0 Å². The van der Waals surface area contributed by atoms with Crippen LogP contribution in [0, 0.1) is 11.8 Å². The Hall–Kier alpha value is -0.0800. The van der Waals surface area contributed by atoms with Crippen LogP contribution in [0.5, 0.6) is 0 Å². The summed E-state index contributed by atoms with van der Waals surface area (Å²) in [5, 5.41) is 8.92. The van der Waals surface area contributed by atoms with Gasteiger partial charge in [0.2, 0.25) is 0 Å². The number of aliphatic hydroxyl groups excluding tert-OH is 1. The zero-order valence-electron chi connectivity index (χ0n) is 11.8. The molecule has 0 atom stereocenters. The summed E-state index contributed by atoms with van der Waals surface area (Å²) in [6.07, 6.45) is 15.2. The van der Waals surface area contributed by atoms with Gasteiger partial charge in [0.25, 0.3) is 0 Å². The van der Waals surface area contributed by atoms with Gasteiger partial charge in [0.05, 0.1) is 6.10 Å². The zero-order valence-corrected chi connectivity index (χ0v) is 11.8. The normalized spacial score (nSPS) is 23.7. The molecule has 2 saturated carbocycles. The molecule has 18 heavy (non-hydrogen) atoms. The lowest BCUT2D eigenvalue weighted by Gasteiger charge is -2.37. The second-order valence-corrected chi connectivity index (χ2v) is 6.21. The number of rotatable bonds is 6. The van der Waals surface area contributed by atoms with Crippen molar-refractivity contribution >= 4 is 0 Å². The van der Waals surface area contributed by atoms with E-state index in [1.54, 1.807) is 0 Å². The molecule has 1 N–H and O–H groups in total. The smallest absolute Gasteiger partial charge is 0.0631 e. The molecular weight excluding hydrogens is 224 g/mol. The fraction of sp³-hybridized carbons (Fsp3) is 1.00. The van der Waals surface area contributed by atoms with Gasteiger partial charge in [0, 0.05) is 13.2 Å². The van der Waals surface area contributed by atoms with Crippen molar-refractivity contribution in [1.82, 2.24) is 0 Å². The summed E-state index contributed by atoms with van der Waals surface area (Å²) in [5.41, 5.74) is 0. The highest BCUT2D eigenvalue weighted by Gasteiger charge is 2.31. The molecule has 0 aromatic heterocycles. The van der Waals surface area contributed by atoms with Crippen LogP contribution >= 0.6 is 0 Å². The van der Waals surface area contributed by atoms with E-state index < -0.39 is 0 Å². The van der Waals surface area contributed by atoms with Crippen molar-refractivity contribution in [3.8, 4) is 0 Å². The first-order valence-corrected chi connectivity index (χ1v) is 8.14. The van der Waals surface area contributed by atoms with E-state index in [0.717, 1.165) is 24.9 Å². The third-order valence-corrected chi connectivity index (χ3v) is 4.84. The molecule has 2 aliphatic rings. The molecule has 0 saturated heterocycles. The largest absolute Gasteiger partial charge is 0.396 e. The lowest BCUT2D eigenvalue weighted by atomic mass is 9.75. The first-order chi connectivity index (χ1) is 8.92. The molecule has 0 spiro atoms. The lowest BCUT2D eigenvalue weighted by molar-refractivity contribution is -0.0499. The van der Waals surface area contributed by atoms with Gasteiger partial charge in [-0.15, -0.1) is 0 Å². The molecule has 106 valence electrons. The molecule has 2 rings (SSSR count). The van der Waals surface area contributed by atoms with Crippen LogP contribution in [0.25, 0.3) is 0 Å². The standard InChI is InChI=1S/C16H30O2/c17-12-7-13-18-16(14-8-3-1-4-9-14)15-10-5-2-6-11-15/h14-17H,1-13H2. The Bertz CT molecular complexity index is 187.